The van der Waals surface area contributed by atoms with Gasteiger partial charge < -0.3 is 10.1 Å². The Morgan fingerprint density at radius 1 is 0.857 bits per heavy atom. The molecule has 0 spiro atoms. The topological polar surface area (TPSA) is 79.5 Å². The van der Waals surface area contributed by atoms with Crippen LogP contribution >= 0.6 is 0 Å². The van der Waals surface area contributed by atoms with Crippen LogP contribution in [0.5, 0.6) is 5.75 Å². The number of fused-ring (bicyclic) bond motifs is 1. The van der Waals surface area contributed by atoms with Crippen LogP contribution in [0.1, 0.15) is 11.1 Å². The van der Waals surface area contributed by atoms with Crippen molar-refractivity contribution < 1.29 is 14.3 Å². The Bertz CT molecular complexity index is 1000. The minimum atomic E-state index is -0.437. The number of hydrogen-bond acceptors (Lipinski definition) is 4. The van der Waals surface area contributed by atoms with Gasteiger partial charge in [0.2, 0.25) is 0 Å². The third kappa shape index (κ3) is 5.23. The van der Waals surface area contributed by atoms with Gasteiger partial charge in [-0.2, -0.15) is 0 Å². The molecule has 0 bridgehead atoms. The first kappa shape index (κ1) is 19.2. The first-order valence-corrected chi connectivity index (χ1v) is 9.02. The first-order chi connectivity index (χ1) is 13.5. The van der Waals surface area contributed by atoms with Crippen molar-refractivity contribution in [3.63, 3.8) is 0 Å². The maximum absolute atomic E-state index is 11.9. The number of benzene rings is 3. The lowest BCUT2D eigenvalue weighted by atomic mass is 10.1. The molecule has 3 aromatic carbocycles. The maximum atomic E-state index is 11.9. The summed E-state index contributed by atoms with van der Waals surface area (Å²) in [5.74, 6) is -0.191. The SMILES string of the molecule is Cc1ccc(NCC(=O)NNC(=O)COc2ccc3ccccc3c2)c(C)c1. The summed E-state index contributed by atoms with van der Waals surface area (Å²) in [6, 6.07) is 19.4. The lowest BCUT2D eigenvalue weighted by Crippen LogP contribution is -2.46. The monoisotopic (exact) mass is 377 g/mol. The molecule has 0 aliphatic rings. The van der Waals surface area contributed by atoms with E-state index in [1.807, 2.05) is 74.5 Å². The third-order valence-corrected chi connectivity index (χ3v) is 4.25. The van der Waals surface area contributed by atoms with E-state index in [0.717, 1.165) is 27.6 Å². The van der Waals surface area contributed by atoms with Crippen molar-refractivity contribution >= 4 is 28.3 Å². The minimum Gasteiger partial charge on any atom is -0.484 e. The van der Waals surface area contributed by atoms with Gasteiger partial charge in [0.25, 0.3) is 11.8 Å². The number of anilines is 1. The van der Waals surface area contributed by atoms with Crippen LogP contribution in [-0.4, -0.2) is 25.0 Å². The van der Waals surface area contributed by atoms with Crippen LogP contribution in [0.2, 0.25) is 0 Å². The maximum Gasteiger partial charge on any atom is 0.276 e. The van der Waals surface area contributed by atoms with Crippen molar-refractivity contribution in [2.75, 3.05) is 18.5 Å². The van der Waals surface area contributed by atoms with Crippen LogP contribution in [0.25, 0.3) is 10.8 Å². The van der Waals surface area contributed by atoms with Gasteiger partial charge in [-0.15, -0.1) is 0 Å². The molecule has 0 saturated carbocycles. The molecule has 0 unspecified atom stereocenters. The quantitative estimate of drug-likeness (QED) is 0.577. The van der Waals surface area contributed by atoms with Crippen LogP contribution in [0.3, 0.4) is 0 Å². The number of hydrazine groups is 1. The molecule has 0 aliphatic carbocycles. The van der Waals surface area contributed by atoms with Gasteiger partial charge in [0.05, 0.1) is 6.54 Å². The highest BCUT2D eigenvalue weighted by molar-refractivity contribution is 5.86. The zero-order chi connectivity index (χ0) is 19.9. The van der Waals surface area contributed by atoms with Gasteiger partial charge in [0.15, 0.2) is 6.61 Å². The highest BCUT2D eigenvalue weighted by Crippen LogP contribution is 2.20. The van der Waals surface area contributed by atoms with E-state index in [2.05, 4.69) is 16.2 Å². The van der Waals surface area contributed by atoms with Gasteiger partial charge in [0, 0.05) is 5.69 Å². The summed E-state index contributed by atoms with van der Waals surface area (Å²) in [6.45, 7) is 3.84. The Balaban J connectivity index is 1.41. The number of aryl methyl sites for hydroxylation is 2. The van der Waals surface area contributed by atoms with Crippen molar-refractivity contribution in [1.82, 2.24) is 10.9 Å². The summed E-state index contributed by atoms with van der Waals surface area (Å²) >= 11 is 0. The van der Waals surface area contributed by atoms with Crippen LogP contribution in [-0.2, 0) is 9.59 Å². The Morgan fingerprint density at radius 3 is 2.39 bits per heavy atom. The molecule has 2 amide bonds. The lowest BCUT2D eigenvalue weighted by molar-refractivity contribution is -0.129. The number of carbonyl (C=O) groups is 2. The van der Waals surface area contributed by atoms with Crippen LogP contribution < -0.4 is 20.9 Å². The van der Waals surface area contributed by atoms with E-state index in [9.17, 15) is 9.59 Å². The zero-order valence-corrected chi connectivity index (χ0v) is 15.9. The molecule has 3 aromatic rings. The van der Waals surface area contributed by atoms with Gasteiger partial charge in [-0.25, -0.2) is 0 Å². The molecule has 0 atom stereocenters. The third-order valence-electron chi connectivity index (χ3n) is 4.25. The average Bonchev–Trinajstić information content (AvgIpc) is 2.70. The van der Waals surface area contributed by atoms with Gasteiger partial charge in [-0.05, 0) is 48.4 Å². The molecule has 144 valence electrons. The Morgan fingerprint density at radius 2 is 1.61 bits per heavy atom. The number of ether oxygens (including phenoxy) is 1. The Kier molecular flexibility index (Phi) is 6.11. The Hall–Kier alpha value is -3.54. The molecule has 6 heteroatoms. The molecule has 3 rings (SSSR count). The second kappa shape index (κ2) is 8.90. The standard InChI is InChI=1S/C22H23N3O3/c1-15-7-10-20(16(2)11-15)23-13-21(26)24-25-22(27)14-28-19-9-8-17-5-3-4-6-18(17)12-19/h3-12,23H,13-14H2,1-2H3,(H,24,26)(H,25,27). The van der Waals surface area contributed by atoms with Gasteiger partial charge in [0.1, 0.15) is 5.75 Å². The summed E-state index contributed by atoms with van der Waals surface area (Å²) in [4.78, 5) is 23.8. The smallest absolute Gasteiger partial charge is 0.276 e. The largest absolute Gasteiger partial charge is 0.484 e. The van der Waals surface area contributed by atoms with Crippen molar-refractivity contribution in [3.8, 4) is 5.75 Å². The van der Waals surface area contributed by atoms with E-state index in [0.29, 0.717) is 5.75 Å². The molecule has 3 N–H and O–H groups in total. The number of amides is 2. The molecule has 0 saturated heterocycles. The zero-order valence-electron chi connectivity index (χ0n) is 15.9. The summed E-state index contributed by atoms with van der Waals surface area (Å²) in [6.07, 6.45) is 0. The molecule has 6 nitrogen and oxygen atoms in total. The number of carbonyl (C=O) groups excluding carboxylic acids is 2. The van der Waals surface area contributed by atoms with Crippen molar-refractivity contribution in [1.29, 1.82) is 0 Å². The molecule has 0 aromatic heterocycles. The summed E-state index contributed by atoms with van der Waals surface area (Å²) < 4.78 is 5.49. The normalized spacial score (nSPS) is 10.4. The molecule has 0 radical (unpaired) electrons. The number of nitrogens with one attached hydrogen (secondary N) is 3. The molecular weight excluding hydrogens is 354 g/mol. The second-order valence-corrected chi connectivity index (χ2v) is 6.57. The van der Waals surface area contributed by atoms with Crippen LogP contribution in [0.15, 0.2) is 60.7 Å². The molecule has 28 heavy (non-hydrogen) atoms. The van der Waals surface area contributed by atoms with Gasteiger partial charge in [-0.3, -0.25) is 20.4 Å². The fourth-order valence-electron chi connectivity index (χ4n) is 2.81. The second-order valence-electron chi connectivity index (χ2n) is 6.57. The number of hydrogen-bond donors (Lipinski definition) is 3. The lowest BCUT2D eigenvalue weighted by Gasteiger charge is -2.12. The van der Waals surface area contributed by atoms with E-state index in [-0.39, 0.29) is 19.1 Å². The van der Waals surface area contributed by atoms with Crippen molar-refractivity contribution in [2.24, 2.45) is 0 Å². The summed E-state index contributed by atoms with van der Waals surface area (Å²) in [5.41, 5.74) is 7.81. The first-order valence-electron chi connectivity index (χ1n) is 9.02. The van der Waals surface area contributed by atoms with E-state index >= 15 is 0 Å². The summed E-state index contributed by atoms with van der Waals surface area (Å²) in [5, 5.41) is 5.18. The Labute approximate surface area is 163 Å². The van der Waals surface area contributed by atoms with E-state index < -0.39 is 5.91 Å². The van der Waals surface area contributed by atoms with Crippen molar-refractivity contribution in [3.05, 3.63) is 71.8 Å². The van der Waals surface area contributed by atoms with E-state index in [1.165, 1.54) is 0 Å². The predicted octanol–water partition coefficient (Wildman–Crippen LogP) is 3.09. The minimum absolute atomic E-state index is 0.0513. The molecule has 0 aliphatic heterocycles. The van der Waals surface area contributed by atoms with Gasteiger partial charge >= 0.3 is 0 Å². The van der Waals surface area contributed by atoms with Crippen LogP contribution in [0.4, 0.5) is 5.69 Å². The fraction of sp³-hybridized carbons (Fsp3) is 0.182. The number of rotatable bonds is 6. The van der Waals surface area contributed by atoms with E-state index in [4.69, 9.17) is 4.74 Å². The highest BCUT2D eigenvalue weighted by atomic mass is 16.5. The van der Waals surface area contributed by atoms with Crippen molar-refractivity contribution in [2.45, 2.75) is 13.8 Å². The van der Waals surface area contributed by atoms with Crippen LogP contribution in [0, 0.1) is 13.8 Å². The van der Waals surface area contributed by atoms with E-state index in [1.54, 1.807) is 0 Å². The van der Waals surface area contributed by atoms with Gasteiger partial charge in [-0.1, -0.05) is 48.0 Å². The molecule has 0 heterocycles. The fourth-order valence-corrected chi connectivity index (χ4v) is 2.81. The summed E-state index contributed by atoms with van der Waals surface area (Å²) in [7, 11) is 0. The average molecular weight is 377 g/mol. The predicted molar refractivity (Wildman–Crippen MR) is 110 cm³/mol. The highest BCUT2D eigenvalue weighted by Gasteiger charge is 2.07. The molecular formula is C22H23N3O3. The molecule has 0 fully saturated rings.